The van der Waals surface area contributed by atoms with Crippen molar-refractivity contribution in [3.63, 3.8) is 0 Å². The maximum Gasteiger partial charge on any atom is 0.236 e. The molecule has 1 amide bonds. The standard InChI is InChI=1S/C15H24N2O2/c1-11(2)8-17-15(19)12(3)16-9-13-4-6-14(10-18)7-5-13/h4-7,11-12,16,18H,8-10H2,1-3H3,(H,17,19). The Morgan fingerprint density at radius 2 is 1.74 bits per heavy atom. The van der Waals surface area contributed by atoms with Gasteiger partial charge in [0.15, 0.2) is 0 Å². The van der Waals surface area contributed by atoms with E-state index in [4.69, 9.17) is 5.11 Å². The van der Waals surface area contributed by atoms with Gasteiger partial charge < -0.3 is 15.7 Å². The average molecular weight is 264 g/mol. The lowest BCUT2D eigenvalue weighted by Crippen LogP contribution is -2.42. The number of nitrogens with one attached hydrogen (secondary N) is 2. The molecule has 0 heterocycles. The summed E-state index contributed by atoms with van der Waals surface area (Å²) in [6, 6.07) is 7.48. The van der Waals surface area contributed by atoms with Crippen LogP contribution in [0.4, 0.5) is 0 Å². The van der Waals surface area contributed by atoms with Crippen LogP contribution >= 0.6 is 0 Å². The van der Waals surface area contributed by atoms with Crippen LogP contribution in [0, 0.1) is 5.92 Å². The summed E-state index contributed by atoms with van der Waals surface area (Å²) in [5, 5.41) is 15.0. The third-order valence-electron chi connectivity index (χ3n) is 2.90. The Kier molecular flexibility index (Phi) is 6.53. The molecular weight excluding hydrogens is 240 g/mol. The van der Waals surface area contributed by atoms with E-state index < -0.39 is 0 Å². The second-order valence-corrected chi connectivity index (χ2v) is 5.22. The van der Waals surface area contributed by atoms with E-state index in [1.165, 1.54) is 0 Å². The number of rotatable bonds is 7. The SMILES string of the molecule is CC(C)CNC(=O)C(C)NCc1ccc(CO)cc1. The molecule has 0 aliphatic rings. The minimum Gasteiger partial charge on any atom is -0.392 e. The molecule has 3 N–H and O–H groups in total. The summed E-state index contributed by atoms with van der Waals surface area (Å²) in [6.45, 7) is 7.40. The first-order valence-electron chi connectivity index (χ1n) is 6.72. The smallest absolute Gasteiger partial charge is 0.236 e. The van der Waals surface area contributed by atoms with Crippen LogP contribution in [-0.4, -0.2) is 23.6 Å². The van der Waals surface area contributed by atoms with Crippen molar-refractivity contribution in [2.24, 2.45) is 5.92 Å². The van der Waals surface area contributed by atoms with Crippen LogP contribution in [0.5, 0.6) is 0 Å². The van der Waals surface area contributed by atoms with Crippen LogP contribution in [0.3, 0.4) is 0 Å². The molecule has 0 saturated heterocycles. The van der Waals surface area contributed by atoms with Crippen molar-refractivity contribution in [2.75, 3.05) is 6.54 Å². The fraction of sp³-hybridized carbons (Fsp3) is 0.533. The Labute approximate surface area is 115 Å². The highest BCUT2D eigenvalue weighted by Gasteiger charge is 2.11. The predicted molar refractivity (Wildman–Crippen MR) is 76.5 cm³/mol. The van der Waals surface area contributed by atoms with Crippen molar-refractivity contribution in [1.29, 1.82) is 0 Å². The largest absolute Gasteiger partial charge is 0.392 e. The van der Waals surface area contributed by atoms with E-state index in [0.717, 1.165) is 11.1 Å². The van der Waals surface area contributed by atoms with Crippen molar-refractivity contribution in [1.82, 2.24) is 10.6 Å². The Hall–Kier alpha value is -1.39. The molecule has 0 aromatic heterocycles. The lowest BCUT2D eigenvalue weighted by molar-refractivity contribution is -0.122. The summed E-state index contributed by atoms with van der Waals surface area (Å²) in [7, 11) is 0. The zero-order valence-corrected chi connectivity index (χ0v) is 11.9. The number of benzene rings is 1. The number of aliphatic hydroxyl groups excluding tert-OH is 1. The van der Waals surface area contributed by atoms with Gasteiger partial charge in [-0.1, -0.05) is 38.1 Å². The molecule has 1 unspecified atom stereocenters. The van der Waals surface area contributed by atoms with E-state index in [9.17, 15) is 4.79 Å². The first-order chi connectivity index (χ1) is 9.02. The van der Waals surface area contributed by atoms with E-state index in [2.05, 4.69) is 24.5 Å². The van der Waals surface area contributed by atoms with Crippen LogP contribution in [0.25, 0.3) is 0 Å². The molecule has 19 heavy (non-hydrogen) atoms. The van der Waals surface area contributed by atoms with Gasteiger partial charge in [-0.3, -0.25) is 4.79 Å². The number of carbonyl (C=O) groups is 1. The highest BCUT2D eigenvalue weighted by atomic mass is 16.3. The summed E-state index contributed by atoms with van der Waals surface area (Å²) in [4.78, 5) is 11.8. The molecule has 4 nitrogen and oxygen atoms in total. The molecule has 4 heteroatoms. The van der Waals surface area contributed by atoms with Crippen LogP contribution in [-0.2, 0) is 17.9 Å². The first-order valence-corrected chi connectivity index (χ1v) is 6.72. The lowest BCUT2D eigenvalue weighted by atomic mass is 10.1. The molecular formula is C15H24N2O2. The third kappa shape index (κ3) is 5.85. The Morgan fingerprint density at radius 3 is 2.26 bits per heavy atom. The van der Waals surface area contributed by atoms with Gasteiger partial charge in [-0.05, 0) is 24.0 Å². The average Bonchev–Trinajstić information content (AvgIpc) is 2.42. The van der Waals surface area contributed by atoms with Crippen LogP contribution in [0.2, 0.25) is 0 Å². The zero-order valence-electron chi connectivity index (χ0n) is 11.9. The van der Waals surface area contributed by atoms with Crippen LogP contribution in [0.1, 0.15) is 31.9 Å². The molecule has 0 aliphatic heterocycles. The summed E-state index contributed by atoms with van der Waals surface area (Å²) >= 11 is 0. The summed E-state index contributed by atoms with van der Waals surface area (Å²) < 4.78 is 0. The van der Waals surface area contributed by atoms with E-state index in [0.29, 0.717) is 19.0 Å². The van der Waals surface area contributed by atoms with Gasteiger partial charge in [0.25, 0.3) is 0 Å². The van der Waals surface area contributed by atoms with Gasteiger partial charge in [0.05, 0.1) is 12.6 Å². The van der Waals surface area contributed by atoms with Gasteiger partial charge in [0.2, 0.25) is 5.91 Å². The third-order valence-corrected chi connectivity index (χ3v) is 2.90. The predicted octanol–water partition coefficient (Wildman–Crippen LogP) is 1.43. The molecule has 1 atom stereocenters. The van der Waals surface area contributed by atoms with E-state index in [1.54, 1.807) is 0 Å². The van der Waals surface area contributed by atoms with Crippen molar-refractivity contribution < 1.29 is 9.90 Å². The first kappa shape index (κ1) is 15.7. The number of carbonyl (C=O) groups excluding carboxylic acids is 1. The fourth-order valence-corrected chi connectivity index (χ4v) is 1.58. The number of hydrogen-bond donors (Lipinski definition) is 3. The van der Waals surface area contributed by atoms with E-state index >= 15 is 0 Å². The Balaban J connectivity index is 2.36. The molecule has 0 aliphatic carbocycles. The molecule has 0 fully saturated rings. The molecule has 1 aromatic carbocycles. The number of aliphatic hydroxyl groups is 1. The topological polar surface area (TPSA) is 61.4 Å². The molecule has 1 aromatic rings. The van der Waals surface area contributed by atoms with Crippen molar-refractivity contribution in [3.8, 4) is 0 Å². The van der Waals surface area contributed by atoms with Gasteiger partial charge in [-0.15, -0.1) is 0 Å². The monoisotopic (exact) mass is 264 g/mol. The van der Waals surface area contributed by atoms with Gasteiger partial charge in [-0.25, -0.2) is 0 Å². The van der Waals surface area contributed by atoms with Crippen molar-refractivity contribution in [3.05, 3.63) is 35.4 Å². The Bertz CT molecular complexity index is 388. The number of amides is 1. The van der Waals surface area contributed by atoms with Crippen molar-refractivity contribution >= 4 is 5.91 Å². The van der Waals surface area contributed by atoms with Gasteiger partial charge in [0.1, 0.15) is 0 Å². The minimum atomic E-state index is -0.212. The van der Waals surface area contributed by atoms with Crippen molar-refractivity contribution in [2.45, 2.75) is 40.0 Å². The van der Waals surface area contributed by atoms with Crippen LogP contribution < -0.4 is 10.6 Å². The normalized spacial score (nSPS) is 12.5. The fourth-order valence-electron chi connectivity index (χ4n) is 1.58. The maximum atomic E-state index is 11.8. The lowest BCUT2D eigenvalue weighted by Gasteiger charge is -2.15. The summed E-state index contributed by atoms with van der Waals surface area (Å²) in [6.07, 6.45) is 0. The van der Waals surface area contributed by atoms with Gasteiger partial charge >= 0.3 is 0 Å². The second-order valence-electron chi connectivity index (χ2n) is 5.22. The van der Waals surface area contributed by atoms with E-state index in [1.807, 2.05) is 31.2 Å². The van der Waals surface area contributed by atoms with Gasteiger partial charge in [0, 0.05) is 13.1 Å². The van der Waals surface area contributed by atoms with E-state index in [-0.39, 0.29) is 18.6 Å². The van der Waals surface area contributed by atoms with Gasteiger partial charge in [-0.2, -0.15) is 0 Å². The molecule has 106 valence electrons. The zero-order chi connectivity index (χ0) is 14.3. The summed E-state index contributed by atoms with van der Waals surface area (Å²) in [5.74, 6) is 0.489. The molecule has 1 rings (SSSR count). The highest BCUT2D eigenvalue weighted by Crippen LogP contribution is 2.04. The Morgan fingerprint density at radius 1 is 1.16 bits per heavy atom. The molecule has 0 saturated carbocycles. The summed E-state index contributed by atoms with van der Waals surface area (Å²) in [5.41, 5.74) is 1.99. The molecule has 0 spiro atoms. The minimum absolute atomic E-state index is 0.0284. The molecule has 0 bridgehead atoms. The van der Waals surface area contributed by atoms with Crippen LogP contribution in [0.15, 0.2) is 24.3 Å². The quantitative estimate of drug-likeness (QED) is 0.698. The number of hydrogen-bond acceptors (Lipinski definition) is 3. The molecule has 0 radical (unpaired) electrons. The second kappa shape index (κ2) is 7.92. The highest BCUT2D eigenvalue weighted by molar-refractivity contribution is 5.81. The maximum absolute atomic E-state index is 11.8.